The molecule has 1 fully saturated rings. The SMILES string of the molecule is CC(CN)(NC(=O)COc1ccccc1-c1ccccc1)C1CC1. The van der Waals surface area contributed by atoms with E-state index in [1.165, 1.54) is 0 Å². The van der Waals surface area contributed by atoms with Crippen molar-refractivity contribution in [3.8, 4) is 16.9 Å². The fourth-order valence-corrected chi connectivity index (χ4v) is 2.99. The van der Waals surface area contributed by atoms with Gasteiger partial charge in [0.2, 0.25) is 0 Å². The van der Waals surface area contributed by atoms with Crippen molar-refractivity contribution in [1.29, 1.82) is 0 Å². The van der Waals surface area contributed by atoms with Crippen LogP contribution < -0.4 is 15.8 Å². The van der Waals surface area contributed by atoms with Crippen molar-refractivity contribution in [2.24, 2.45) is 11.7 Å². The zero-order valence-corrected chi connectivity index (χ0v) is 14.0. The molecule has 1 atom stereocenters. The van der Waals surface area contributed by atoms with Gasteiger partial charge in [-0.25, -0.2) is 0 Å². The van der Waals surface area contributed by atoms with Gasteiger partial charge < -0.3 is 15.8 Å². The molecule has 3 rings (SSSR count). The summed E-state index contributed by atoms with van der Waals surface area (Å²) in [4.78, 5) is 12.3. The maximum atomic E-state index is 12.3. The number of amides is 1. The number of ether oxygens (including phenoxy) is 1. The zero-order chi connectivity index (χ0) is 17.0. The van der Waals surface area contributed by atoms with Crippen LogP contribution in [0, 0.1) is 5.92 Å². The van der Waals surface area contributed by atoms with E-state index in [2.05, 4.69) is 5.32 Å². The van der Waals surface area contributed by atoms with Crippen LogP contribution in [0.4, 0.5) is 0 Å². The second-order valence-electron chi connectivity index (χ2n) is 6.59. The van der Waals surface area contributed by atoms with Gasteiger partial charge in [-0.1, -0.05) is 48.5 Å². The highest BCUT2D eigenvalue weighted by molar-refractivity contribution is 5.79. The molecule has 0 bridgehead atoms. The maximum Gasteiger partial charge on any atom is 0.258 e. The van der Waals surface area contributed by atoms with Crippen LogP contribution in [0.1, 0.15) is 19.8 Å². The summed E-state index contributed by atoms with van der Waals surface area (Å²) >= 11 is 0. The van der Waals surface area contributed by atoms with Gasteiger partial charge in [0, 0.05) is 12.1 Å². The molecule has 0 heterocycles. The van der Waals surface area contributed by atoms with Crippen molar-refractivity contribution >= 4 is 5.91 Å². The van der Waals surface area contributed by atoms with E-state index >= 15 is 0 Å². The number of carbonyl (C=O) groups is 1. The Kier molecular flexibility index (Phi) is 4.86. The van der Waals surface area contributed by atoms with Crippen LogP contribution in [0.3, 0.4) is 0 Å². The maximum absolute atomic E-state index is 12.3. The van der Waals surface area contributed by atoms with E-state index in [0.717, 1.165) is 24.0 Å². The molecule has 4 heteroatoms. The van der Waals surface area contributed by atoms with Gasteiger partial charge in [0.05, 0.1) is 5.54 Å². The molecule has 0 saturated heterocycles. The van der Waals surface area contributed by atoms with Crippen LogP contribution in [-0.4, -0.2) is 24.6 Å². The molecule has 4 nitrogen and oxygen atoms in total. The van der Waals surface area contributed by atoms with E-state index in [0.29, 0.717) is 18.2 Å². The number of nitrogens with two attached hydrogens (primary N) is 1. The van der Waals surface area contributed by atoms with Crippen molar-refractivity contribution in [2.75, 3.05) is 13.2 Å². The van der Waals surface area contributed by atoms with E-state index in [9.17, 15) is 4.79 Å². The Morgan fingerprint density at radius 1 is 1.17 bits per heavy atom. The lowest BCUT2D eigenvalue weighted by Gasteiger charge is -2.29. The van der Waals surface area contributed by atoms with Crippen LogP contribution >= 0.6 is 0 Å². The van der Waals surface area contributed by atoms with Gasteiger partial charge in [0.25, 0.3) is 5.91 Å². The molecule has 0 spiro atoms. The quantitative estimate of drug-likeness (QED) is 0.823. The fourth-order valence-electron chi connectivity index (χ4n) is 2.99. The Morgan fingerprint density at radius 3 is 2.50 bits per heavy atom. The van der Waals surface area contributed by atoms with E-state index in [1.54, 1.807) is 0 Å². The molecule has 2 aromatic carbocycles. The molecule has 2 aromatic rings. The Hall–Kier alpha value is -2.33. The third kappa shape index (κ3) is 3.77. The minimum absolute atomic E-state index is 0.00778. The Balaban J connectivity index is 1.66. The van der Waals surface area contributed by atoms with Gasteiger partial charge in [-0.2, -0.15) is 0 Å². The first-order valence-corrected chi connectivity index (χ1v) is 8.41. The van der Waals surface area contributed by atoms with Crippen LogP contribution in [-0.2, 0) is 4.79 Å². The van der Waals surface area contributed by atoms with Gasteiger partial charge in [0.15, 0.2) is 6.61 Å². The third-order valence-corrected chi connectivity index (χ3v) is 4.66. The fraction of sp³-hybridized carbons (Fsp3) is 0.350. The second-order valence-corrected chi connectivity index (χ2v) is 6.59. The first-order chi connectivity index (χ1) is 11.6. The lowest BCUT2D eigenvalue weighted by molar-refractivity contribution is -0.125. The molecular formula is C20H24N2O2. The van der Waals surface area contributed by atoms with Crippen molar-refractivity contribution in [3.05, 3.63) is 54.6 Å². The summed E-state index contributed by atoms with van der Waals surface area (Å²) in [5.74, 6) is 1.07. The molecule has 1 unspecified atom stereocenters. The van der Waals surface area contributed by atoms with E-state index in [4.69, 9.17) is 10.5 Å². The molecule has 1 amide bonds. The normalized spacial score (nSPS) is 16.2. The number of nitrogens with one attached hydrogen (secondary N) is 1. The van der Waals surface area contributed by atoms with Gasteiger partial charge in [-0.15, -0.1) is 0 Å². The average Bonchev–Trinajstić information content (AvgIpc) is 3.46. The van der Waals surface area contributed by atoms with Crippen molar-refractivity contribution in [2.45, 2.75) is 25.3 Å². The van der Waals surface area contributed by atoms with Crippen LogP contribution in [0.15, 0.2) is 54.6 Å². The van der Waals surface area contributed by atoms with Crippen molar-refractivity contribution < 1.29 is 9.53 Å². The molecule has 0 radical (unpaired) electrons. The lowest BCUT2D eigenvalue weighted by atomic mass is 9.96. The summed E-state index contributed by atoms with van der Waals surface area (Å²) in [6, 6.07) is 17.8. The first kappa shape index (κ1) is 16.5. The van der Waals surface area contributed by atoms with E-state index in [-0.39, 0.29) is 18.1 Å². The molecule has 1 aliphatic rings. The number of para-hydroxylation sites is 1. The molecule has 24 heavy (non-hydrogen) atoms. The average molecular weight is 324 g/mol. The first-order valence-electron chi connectivity index (χ1n) is 8.41. The Morgan fingerprint density at radius 2 is 1.83 bits per heavy atom. The summed E-state index contributed by atoms with van der Waals surface area (Å²) in [6.07, 6.45) is 2.26. The molecular weight excluding hydrogens is 300 g/mol. The van der Waals surface area contributed by atoms with Crippen LogP contribution in [0.5, 0.6) is 5.75 Å². The van der Waals surface area contributed by atoms with Crippen molar-refractivity contribution in [1.82, 2.24) is 5.32 Å². The van der Waals surface area contributed by atoms with E-state index in [1.807, 2.05) is 61.5 Å². The van der Waals surface area contributed by atoms with Gasteiger partial charge in [0.1, 0.15) is 5.75 Å². The van der Waals surface area contributed by atoms with Gasteiger partial charge in [-0.05, 0) is 37.3 Å². The smallest absolute Gasteiger partial charge is 0.258 e. The summed E-state index contributed by atoms with van der Waals surface area (Å²) in [6.45, 7) is 2.46. The Bertz CT molecular complexity index is 698. The molecule has 1 saturated carbocycles. The largest absolute Gasteiger partial charge is 0.483 e. The second kappa shape index (κ2) is 7.05. The van der Waals surface area contributed by atoms with Crippen LogP contribution in [0.25, 0.3) is 11.1 Å². The molecule has 0 aliphatic heterocycles. The number of rotatable bonds is 7. The predicted molar refractivity (Wildman–Crippen MR) is 95.7 cm³/mol. The van der Waals surface area contributed by atoms with Crippen LogP contribution in [0.2, 0.25) is 0 Å². The van der Waals surface area contributed by atoms with Gasteiger partial charge >= 0.3 is 0 Å². The predicted octanol–water partition coefficient (Wildman–Crippen LogP) is 2.98. The Labute approximate surface area is 143 Å². The number of hydrogen-bond acceptors (Lipinski definition) is 3. The minimum atomic E-state index is -0.320. The highest BCUT2D eigenvalue weighted by atomic mass is 16.5. The number of carbonyl (C=O) groups excluding carboxylic acids is 1. The summed E-state index contributed by atoms with van der Waals surface area (Å²) in [5.41, 5.74) is 7.58. The minimum Gasteiger partial charge on any atom is -0.483 e. The molecule has 0 aromatic heterocycles. The summed E-state index contributed by atoms with van der Waals surface area (Å²) < 4.78 is 5.79. The lowest BCUT2D eigenvalue weighted by Crippen LogP contribution is -2.54. The topological polar surface area (TPSA) is 64.3 Å². The summed E-state index contributed by atoms with van der Waals surface area (Å²) in [7, 11) is 0. The van der Waals surface area contributed by atoms with Crippen molar-refractivity contribution in [3.63, 3.8) is 0 Å². The highest BCUT2D eigenvalue weighted by Gasteiger charge is 2.41. The number of benzene rings is 2. The van der Waals surface area contributed by atoms with E-state index < -0.39 is 0 Å². The zero-order valence-electron chi connectivity index (χ0n) is 14.0. The third-order valence-electron chi connectivity index (χ3n) is 4.66. The molecule has 1 aliphatic carbocycles. The molecule has 3 N–H and O–H groups in total. The number of hydrogen-bond donors (Lipinski definition) is 2. The standard InChI is InChI=1S/C20H24N2O2/c1-20(14-21,16-11-12-16)22-19(23)13-24-18-10-6-5-9-17(18)15-7-3-2-4-8-15/h2-10,16H,11-14,21H2,1H3,(H,22,23). The monoisotopic (exact) mass is 324 g/mol. The molecule has 126 valence electrons. The summed E-state index contributed by atoms with van der Waals surface area (Å²) in [5, 5.41) is 3.05. The van der Waals surface area contributed by atoms with Gasteiger partial charge in [-0.3, -0.25) is 4.79 Å². The highest BCUT2D eigenvalue weighted by Crippen LogP contribution is 2.39.